The van der Waals surface area contributed by atoms with E-state index < -0.39 is 0 Å². The van der Waals surface area contributed by atoms with Crippen molar-refractivity contribution in [1.82, 2.24) is 4.98 Å². The number of hydrogen-bond donors (Lipinski definition) is 1. The van der Waals surface area contributed by atoms with Crippen LogP contribution in [0.3, 0.4) is 0 Å². The van der Waals surface area contributed by atoms with Crippen LogP contribution in [0, 0.1) is 0 Å². The number of benzene rings is 1. The molecular formula is C15H12ClNO2. The van der Waals surface area contributed by atoms with E-state index in [0.717, 1.165) is 16.7 Å². The minimum atomic E-state index is -0.204. The van der Waals surface area contributed by atoms with Crippen molar-refractivity contribution in [2.45, 2.75) is 12.7 Å². The van der Waals surface area contributed by atoms with Crippen LogP contribution in [0.25, 0.3) is 6.08 Å². The third-order valence-electron chi connectivity index (χ3n) is 3.26. The molecule has 1 N–H and O–H groups in total. The number of hydrogen-bond acceptors (Lipinski definition) is 3. The van der Waals surface area contributed by atoms with E-state index in [9.17, 15) is 5.11 Å². The summed E-state index contributed by atoms with van der Waals surface area (Å²) in [5.41, 5.74) is 3.16. The second-order valence-corrected chi connectivity index (χ2v) is 4.81. The van der Waals surface area contributed by atoms with Crippen LogP contribution in [-0.2, 0) is 11.3 Å². The molecule has 1 aromatic carbocycles. The first-order valence-corrected chi connectivity index (χ1v) is 6.28. The number of pyridine rings is 1. The molecule has 0 saturated carbocycles. The van der Waals surface area contributed by atoms with Gasteiger partial charge in [0.2, 0.25) is 0 Å². The summed E-state index contributed by atoms with van der Waals surface area (Å²) in [6.07, 6.45) is 3.06. The molecule has 3 rings (SSSR count). The molecule has 2 aromatic rings. The topological polar surface area (TPSA) is 42.4 Å². The van der Waals surface area contributed by atoms with Crippen LogP contribution in [0.5, 0.6) is 5.75 Å². The van der Waals surface area contributed by atoms with E-state index >= 15 is 0 Å². The first-order chi connectivity index (χ1) is 9.20. The molecule has 0 bridgehead atoms. The highest BCUT2D eigenvalue weighted by Gasteiger charge is 2.28. The second kappa shape index (κ2) is 4.68. The smallest absolute Gasteiger partial charge is 0.147 e. The Morgan fingerprint density at radius 3 is 2.79 bits per heavy atom. The van der Waals surface area contributed by atoms with Gasteiger partial charge >= 0.3 is 0 Å². The van der Waals surface area contributed by atoms with Crippen molar-refractivity contribution in [2.75, 3.05) is 0 Å². The quantitative estimate of drug-likeness (QED) is 0.907. The standard InChI is InChI=1S/C15H12ClNO2/c1-2-13-14(18)12-8-19-15(11(12)7-17-13)9-3-5-10(16)6-4-9/h2-7,15,18H,1,8H2. The summed E-state index contributed by atoms with van der Waals surface area (Å²) < 4.78 is 5.75. The van der Waals surface area contributed by atoms with Gasteiger partial charge in [-0.1, -0.05) is 30.3 Å². The lowest BCUT2D eigenvalue weighted by Crippen LogP contribution is -1.99. The SMILES string of the molecule is C=Cc1ncc2c(c1O)COC2c1ccc(Cl)cc1. The van der Waals surface area contributed by atoms with E-state index in [4.69, 9.17) is 16.3 Å². The van der Waals surface area contributed by atoms with Gasteiger partial charge in [-0.2, -0.15) is 0 Å². The van der Waals surface area contributed by atoms with Gasteiger partial charge in [-0.15, -0.1) is 0 Å². The highest BCUT2D eigenvalue weighted by Crippen LogP contribution is 2.40. The van der Waals surface area contributed by atoms with Crippen molar-refractivity contribution in [3.8, 4) is 5.75 Å². The Bertz CT molecular complexity index is 637. The Labute approximate surface area is 116 Å². The summed E-state index contributed by atoms with van der Waals surface area (Å²) in [6.45, 7) is 4.00. The zero-order valence-corrected chi connectivity index (χ0v) is 10.9. The van der Waals surface area contributed by atoms with Gasteiger partial charge in [0.15, 0.2) is 0 Å². The minimum absolute atomic E-state index is 0.156. The van der Waals surface area contributed by atoms with Crippen LogP contribution in [0.2, 0.25) is 5.02 Å². The number of fused-ring (bicyclic) bond motifs is 1. The molecule has 3 nitrogen and oxygen atoms in total. The molecular weight excluding hydrogens is 262 g/mol. The van der Waals surface area contributed by atoms with E-state index in [-0.39, 0.29) is 11.9 Å². The average Bonchev–Trinajstić information content (AvgIpc) is 2.85. The minimum Gasteiger partial charge on any atom is -0.505 e. The number of nitrogens with zero attached hydrogens (tertiary/aromatic N) is 1. The molecule has 0 spiro atoms. The number of halogens is 1. The molecule has 0 fully saturated rings. The maximum absolute atomic E-state index is 10.1. The van der Waals surface area contributed by atoms with E-state index in [1.165, 1.54) is 6.08 Å². The predicted octanol–water partition coefficient (Wildman–Crippen LogP) is 3.70. The molecule has 0 amide bonds. The maximum Gasteiger partial charge on any atom is 0.147 e. The van der Waals surface area contributed by atoms with Gasteiger partial charge in [0.1, 0.15) is 17.5 Å². The Balaban J connectivity index is 2.05. The summed E-state index contributed by atoms with van der Waals surface area (Å²) in [5.74, 6) is 0.156. The largest absolute Gasteiger partial charge is 0.505 e. The molecule has 1 aliphatic rings. The molecule has 0 saturated heterocycles. The number of aromatic hydroxyl groups is 1. The lowest BCUT2D eigenvalue weighted by Gasteiger charge is -2.11. The normalized spacial score (nSPS) is 17.2. The van der Waals surface area contributed by atoms with Crippen molar-refractivity contribution in [1.29, 1.82) is 0 Å². The fourth-order valence-corrected chi connectivity index (χ4v) is 2.39. The van der Waals surface area contributed by atoms with Crippen LogP contribution < -0.4 is 0 Å². The molecule has 0 radical (unpaired) electrons. The van der Waals surface area contributed by atoms with Crippen molar-refractivity contribution < 1.29 is 9.84 Å². The number of ether oxygens (including phenoxy) is 1. The van der Waals surface area contributed by atoms with E-state index in [1.54, 1.807) is 6.20 Å². The fourth-order valence-electron chi connectivity index (χ4n) is 2.27. The van der Waals surface area contributed by atoms with E-state index in [0.29, 0.717) is 17.3 Å². The van der Waals surface area contributed by atoms with Crippen LogP contribution in [0.4, 0.5) is 0 Å². The van der Waals surface area contributed by atoms with E-state index in [2.05, 4.69) is 11.6 Å². The van der Waals surface area contributed by atoms with Gasteiger partial charge < -0.3 is 9.84 Å². The number of rotatable bonds is 2. The van der Waals surface area contributed by atoms with Crippen molar-refractivity contribution in [3.05, 3.63) is 64.4 Å². The van der Waals surface area contributed by atoms with E-state index in [1.807, 2.05) is 24.3 Å². The Morgan fingerprint density at radius 2 is 2.11 bits per heavy atom. The predicted molar refractivity (Wildman–Crippen MR) is 74.1 cm³/mol. The maximum atomic E-state index is 10.1. The van der Waals surface area contributed by atoms with Gasteiger partial charge in [0, 0.05) is 22.3 Å². The molecule has 0 aliphatic carbocycles. The first kappa shape index (κ1) is 12.2. The highest BCUT2D eigenvalue weighted by atomic mass is 35.5. The summed E-state index contributed by atoms with van der Waals surface area (Å²) in [7, 11) is 0. The summed E-state index contributed by atoms with van der Waals surface area (Å²) >= 11 is 5.88. The van der Waals surface area contributed by atoms with Crippen molar-refractivity contribution in [2.24, 2.45) is 0 Å². The van der Waals surface area contributed by atoms with Gasteiger partial charge in [-0.25, -0.2) is 0 Å². The zero-order valence-electron chi connectivity index (χ0n) is 10.1. The molecule has 96 valence electrons. The van der Waals surface area contributed by atoms with Crippen LogP contribution >= 0.6 is 11.6 Å². The third-order valence-corrected chi connectivity index (χ3v) is 3.51. The lowest BCUT2D eigenvalue weighted by atomic mass is 10.00. The van der Waals surface area contributed by atoms with Crippen LogP contribution in [-0.4, -0.2) is 10.1 Å². The zero-order chi connectivity index (χ0) is 13.4. The molecule has 19 heavy (non-hydrogen) atoms. The Hall–Kier alpha value is -1.84. The molecule has 1 aliphatic heterocycles. The first-order valence-electron chi connectivity index (χ1n) is 5.91. The molecule has 4 heteroatoms. The van der Waals surface area contributed by atoms with Gasteiger partial charge in [-0.3, -0.25) is 4.98 Å². The fraction of sp³-hybridized carbons (Fsp3) is 0.133. The molecule has 2 heterocycles. The van der Waals surface area contributed by atoms with Crippen LogP contribution in [0.1, 0.15) is 28.5 Å². The monoisotopic (exact) mass is 273 g/mol. The summed E-state index contributed by atoms with van der Waals surface area (Å²) in [4.78, 5) is 4.19. The van der Waals surface area contributed by atoms with Crippen molar-refractivity contribution >= 4 is 17.7 Å². The second-order valence-electron chi connectivity index (χ2n) is 4.37. The molecule has 1 atom stereocenters. The average molecular weight is 274 g/mol. The van der Waals surface area contributed by atoms with Crippen molar-refractivity contribution in [3.63, 3.8) is 0 Å². The Morgan fingerprint density at radius 1 is 1.37 bits per heavy atom. The number of aromatic nitrogens is 1. The Kier molecular flexibility index (Phi) is 3.01. The third kappa shape index (κ3) is 2.01. The van der Waals surface area contributed by atoms with Gasteiger partial charge in [0.25, 0.3) is 0 Å². The van der Waals surface area contributed by atoms with Gasteiger partial charge in [-0.05, 0) is 23.8 Å². The summed E-state index contributed by atoms with van der Waals surface area (Å²) in [5, 5.41) is 10.8. The molecule has 1 aromatic heterocycles. The van der Waals surface area contributed by atoms with Crippen LogP contribution in [0.15, 0.2) is 37.0 Å². The lowest BCUT2D eigenvalue weighted by molar-refractivity contribution is 0.0932. The highest BCUT2D eigenvalue weighted by molar-refractivity contribution is 6.30. The van der Waals surface area contributed by atoms with Gasteiger partial charge in [0.05, 0.1) is 6.61 Å². The molecule has 1 unspecified atom stereocenters. The summed E-state index contributed by atoms with van der Waals surface area (Å²) in [6, 6.07) is 7.48.